The molecule has 0 bridgehead atoms. The van der Waals surface area contributed by atoms with E-state index in [1.54, 1.807) is 31.5 Å². The molecular formula is C48H77N8O13P. The monoisotopic (exact) mass is 1000 g/mol. The molecule has 7 N–H and O–H groups in total. The highest BCUT2D eigenvalue weighted by Crippen LogP contribution is 2.40. The van der Waals surface area contributed by atoms with Gasteiger partial charge in [0.25, 0.3) is 7.82 Å². The second-order valence-electron chi connectivity index (χ2n) is 19.4. The Morgan fingerprint density at radius 3 is 2.16 bits per heavy atom. The molecule has 6 amide bonds. The van der Waals surface area contributed by atoms with Crippen LogP contribution in [-0.4, -0.2) is 112 Å². The van der Waals surface area contributed by atoms with Gasteiger partial charge in [0.1, 0.15) is 48.6 Å². The van der Waals surface area contributed by atoms with Crippen molar-refractivity contribution in [3.05, 3.63) is 54.1 Å². The number of nitrogens with two attached hydrogens (primary N) is 1. The van der Waals surface area contributed by atoms with Gasteiger partial charge in [-0.1, -0.05) is 63.4 Å². The summed E-state index contributed by atoms with van der Waals surface area (Å²) in [5.74, 6) is -5.27. The van der Waals surface area contributed by atoms with Gasteiger partial charge in [0.05, 0.1) is 24.7 Å². The number of aliphatic hydroxyl groups is 1. The first-order valence-corrected chi connectivity index (χ1v) is 25.7. The molecule has 21 nitrogen and oxygen atoms in total. The predicted molar refractivity (Wildman–Crippen MR) is 255 cm³/mol. The number of aliphatic hydroxyl groups excluding tert-OH is 1. The van der Waals surface area contributed by atoms with Crippen LogP contribution in [-0.2, 0) is 77.8 Å². The topological polar surface area (TPSA) is 294 Å². The zero-order valence-electron chi connectivity index (χ0n) is 42.1. The molecule has 1 aromatic carbocycles. The van der Waals surface area contributed by atoms with Crippen LogP contribution in [0.5, 0.6) is 0 Å². The molecular weight excluding hydrogens is 928 g/mol. The van der Waals surface area contributed by atoms with Crippen molar-refractivity contribution in [2.24, 2.45) is 17.1 Å². The molecule has 0 aliphatic carbocycles. The molecule has 22 heteroatoms. The van der Waals surface area contributed by atoms with Gasteiger partial charge in [0, 0.05) is 19.9 Å². The number of amides is 6. The molecule has 0 radical (unpaired) electrons. The zero-order valence-corrected chi connectivity index (χ0v) is 43.0. The summed E-state index contributed by atoms with van der Waals surface area (Å²) in [5, 5.41) is 20.3. The van der Waals surface area contributed by atoms with Crippen molar-refractivity contribution in [3.63, 3.8) is 0 Å². The quantitative estimate of drug-likeness (QED) is 0.0214. The zero-order chi connectivity index (χ0) is 52.2. The molecule has 1 saturated heterocycles. The number of nitrogens with one attached hydrogen (secondary N) is 4. The summed E-state index contributed by atoms with van der Waals surface area (Å²) in [7, 11) is -5.23. The van der Waals surface area contributed by atoms with Crippen LogP contribution in [0.1, 0.15) is 124 Å². The van der Waals surface area contributed by atoms with Crippen LogP contribution in [0.4, 0.5) is 0 Å². The number of ether oxygens (including phenoxy) is 1. The maximum Gasteiger partial charge on any atom is 0.313 e. The normalized spacial score (nSPS) is 16.8. The van der Waals surface area contributed by atoms with Crippen LogP contribution in [0, 0.1) is 11.3 Å². The summed E-state index contributed by atoms with van der Waals surface area (Å²) in [5.41, 5.74) is 6.52. The van der Waals surface area contributed by atoms with E-state index in [9.17, 15) is 48.1 Å². The highest BCUT2D eigenvalue weighted by atomic mass is 31.2. The number of benzene rings is 1. The molecule has 1 aromatic heterocycles. The highest BCUT2D eigenvalue weighted by molar-refractivity contribution is 7.45. The number of esters is 1. The van der Waals surface area contributed by atoms with Crippen LogP contribution in [0.3, 0.4) is 0 Å². The summed E-state index contributed by atoms with van der Waals surface area (Å²) in [6.07, 6.45) is 10.2. The Labute approximate surface area is 411 Å². The summed E-state index contributed by atoms with van der Waals surface area (Å²) in [6.45, 7) is 12.2. The maximum absolute atomic E-state index is 14.3. The summed E-state index contributed by atoms with van der Waals surface area (Å²) >= 11 is 0. The molecule has 1 aliphatic rings. The Kier molecular flexibility index (Phi) is 24.1. The van der Waals surface area contributed by atoms with E-state index in [0.29, 0.717) is 31.6 Å². The fourth-order valence-electron chi connectivity index (χ4n) is 7.94. The first-order chi connectivity index (χ1) is 32.9. The van der Waals surface area contributed by atoms with E-state index < -0.39 is 91.8 Å². The lowest BCUT2D eigenvalue weighted by Gasteiger charge is -2.30. The molecule has 0 spiro atoms. The Hall–Kier alpha value is -5.21. The lowest BCUT2D eigenvalue weighted by molar-refractivity contribution is -0.697. The van der Waals surface area contributed by atoms with E-state index in [0.717, 1.165) is 51.9 Å². The number of phosphoric ester groups is 1. The number of unbranched alkanes of at least 4 members (excludes halogenated alkanes) is 5. The number of nitrogens with zero attached hydrogens (tertiary/aromatic N) is 3. The summed E-state index contributed by atoms with van der Waals surface area (Å²) in [6, 6.07) is 3.97. The van der Waals surface area contributed by atoms with Gasteiger partial charge in [-0.25, -0.2) is 9.13 Å². The van der Waals surface area contributed by atoms with E-state index in [2.05, 4.69) is 37.9 Å². The van der Waals surface area contributed by atoms with Gasteiger partial charge in [-0.3, -0.25) is 42.7 Å². The molecule has 1 unspecified atom stereocenters. The van der Waals surface area contributed by atoms with Crippen LogP contribution >= 0.6 is 7.82 Å². The van der Waals surface area contributed by atoms with Crippen molar-refractivity contribution in [3.8, 4) is 0 Å². The number of hydrogen-bond donors (Lipinski definition) is 6. The van der Waals surface area contributed by atoms with Crippen LogP contribution in [0.2, 0.25) is 0 Å². The molecule has 3 rings (SSSR count). The number of likely N-dealkylation sites (tertiary alicyclic amines) is 1. The minimum atomic E-state index is -5.23. The molecule has 1 fully saturated rings. The number of carbonyl (C=O) groups is 7. The Bertz CT molecular complexity index is 2100. The van der Waals surface area contributed by atoms with Crippen LogP contribution in [0.25, 0.3) is 0 Å². The minimum absolute atomic E-state index is 0.0873. The lowest BCUT2D eigenvalue weighted by atomic mass is 9.98. The van der Waals surface area contributed by atoms with Crippen LogP contribution in [0.15, 0.2) is 42.9 Å². The van der Waals surface area contributed by atoms with Crippen molar-refractivity contribution in [2.75, 3.05) is 19.9 Å². The van der Waals surface area contributed by atoms with E-state index >= 15 is 0 Å². The smallest absolute Gasteiger partial charge is 0.313 e. The first-order valence-electron chi connectivity index (χ1n) is 24.2. The minimum Gasteiger partial charge on any atom is -0.756 e. The first kappa shape index (κ1) is 59.1. The Morgan fingerprint density at radius 1 is 0.900 bits per heavy atom. The highest BCUT2D eigenvalue weighted by Gasteiger charge is 2.37. The molecule has 2 aromatic rings. The van der Waals surface area contributed by atoms with Gasteiger partial charge in [-0.2, -0.15) is 0 Å². The fraction of sp³-hybridized carbons (Fsp3) is 0.667. The lowest BCUT2D eigenvalue weighted by Crippen LogP contribution is -2.60. The number of aromatic nitrogens is 2. The average Bonchev–Trinajstić information content (AvgIpc) is 3.93. The number of phosphoric acid groups is 1. The van der Waals surface area contributed by atoms with Crippen LogP contribution < -0.4 is 36.5 Å². The van der Waals surface area contributed by atoms with E-state index in [4.69, 9.17) is 15.0 Å². The standard InChI is InChI=1S/C48H77N8O13P/c1-32(2)27-38(52-46(63)40-22-18-24-56(40)35(5)58)45(62)51-39(28-37-29-54(25-26-57)30-55(37)23-17-12-10-9-11-14-19-36-20-15-13-16-21-36)44(61)50-33(3)43(60)53-41(42(49)59)34(4)69-70(65,66)68-31-67-47(64)48(6,7)8/h13,15-16,20-21,29-30,32-34,38-41,57H,9-12,14,17-19,22-28,31H2,1-8H3,(H6-,49,50,51,52,53,59,60,61,62,63,65,66)/t33-,34+,38-,39-,40-,41-/m0/s1. The van der Waals surface area contributed by atoms with Gasteiger partial charge in [0.2, 0.25) is 41.8 Å². The average molecular weight is 1010 g/mol. The predicted octanol–water partition coefficient (Wildman–Crippen LogP) is 1.83. The van der Waals surface area contributed by atoms with Gasteiger partial charge >= 0.3 is 5.97 Å². The van der Waals surface area contributed by atoms with E-state index in [-0.39, 0.29) is 37.8 Å². The Balaban J connectivity index is 1.81. The third-order valence-electron chi connectivity index (χ3n) is 11.8. The van der Waals surface area contributed by atoms with Crippen molar-refractivity contribution in [2.45, 2.75) is 175 Å². The number of hydrogen-bond acceptors (Lipinski definition) is 13. The van der Waals surface area contributed by atoms with Crippen molar-refractivity contribution in [1.82, 2.24) is 30.7 Å². The SMILES string of the molecule is CC(=O)N1CCC[C@H]1C(=O)N[C@@H](CC(C)C)C(=O)N[C@@H](Cc1c[n+](CCO)cn1CCCCCCCCc1ccccc1)C(=O)N[C@@H](C)C(=O)N[C@H](C(N)=O)[C@@H](C)OP(=O)([O-])OCOC(=O)C(C)(C)C. The molecule has 2 heterocycles. The van der Waals surface area contributed by atoms with Gasteiger partial charge < -0.3 is 51.2 Å². The number of primary amides is 1. The van der Waals surface area contributed by atoms with Crippen molar-refractivity contribution in [1.29, 1.82) is 0 Å². The maximum atomic E-state index is 14.3. The number of aryl methyl sites for hydroxylation is 2. The molecule has 392 valence electrons. The van der Waals surface area contributed by atoms with Gasteiger partial charge in [-0.05, 0) is 91.0 Å². The molecule has 70 heavy (non-hydrogen) atoms. The summed E-state index contributed by atoms with van der Waals surface area (Å²) in [4.78, 5) is 107. The number of rotatable bonds is 30. The van der Waals surface area contributed by atoms with E-state index in [1.165, 1.54) is 24.3 Å². The third-order valence-corrected chi connectivity index (χ3v) is 12.8. The second kappa shape index (κ2) is 28.6. The van der Waals surface area contributed by atoms with Gasteiger partial charge in [-0.15, -0.1) is 0 Å². The van der Waals surface area contributed by atoms with Crippen molar-refractivity contribution < 1.29 is 66.5 Å². The van der Waals surface area contributed by atoms with E-state index in [1.807, 2.05) is 42.9 Å². The molecule has 0 saturated carbocycles. The second-order valence-corrected chi connectivity index (χ2v) is 20.7. The number of imidazole rings is 1. The van der Waals surface area contributed by atoms with Gasteiger partial charge in [0.15, 0.2) is 6.79 Å². The fourth-order valence-corrected chi connectivity index (χ4v) is 8.71. The largest absolute Gasteiger partial charge is 0.756 e. The molecule has 7 atom stereocenters. The Morgan fingerprint density at radius 2 is 1.54 bits per heavy atom. The third kappa shape index (κ3) is 20.3. The molecule has 1 aliphatic heterocycles. The summed E-state index contributed by atoms with van der Waals surface area (Å²) < 4.78 is 30.6. The van der Waals surface area contributed by atoms with Crippen molar-refractivity contribution >= 4 is 49.2 Å². The number of carbonyl (C=O) groups excluding carboxylic acids is 7.